The van der Waals surface area contributed by atoms with Crippen LogP contribution in [0.5, 0.6) is 0 Å². The molecule has 0 aliphatic rings. The van der Waals surface area contributed by atoms with Crippen molar-refractivity contribution < 1.29 is 19.8 Å². The van der Waals surface area contributed by atoms with E-state index < -0.39 is 11.9 Å². The van der Waals surface area contributed by atoms with E-state index in [1.165, 1.54) is 109 Å². The Morgan fingerprint density at radius 2 is 0.771 bits per heavy atom. The van der Waals surface area contributed by atoms with Crippen LogP contribution in [0.3, 0.4) is 0 Å². The van der Waals surface area contributed by atoms with Gasteiger partial charge in [-0.3, -0.25) is 0 Å². The molecule has 0 heterocycles. The summed E-state index contributed by atoms with van der Waals surface area (Å²) in [5.74, 6) is -2.01. The van der Waals surface area contributed by atoms with Crippen LogP contribution in [-0.2, 0) is 9.59 Å². The number of carboxylic acids is 2. The molecule has 35 heavy (non-hydrogen) atoms. The SMILES string of the molecule is CCCCCCCCCCCCC(CCCCCCCCCCCCCCCC(=O)[O-])C(=O)[O-].[Ca+2]. The number of aliphatic carboxylic acids is 2. The second kappa shape index (κ2) is 30.4. The van der Waals surface area contributed by atoms with Crippen molar-refractivity contribution in [2.45, 2.75) is 174 Å². The van der Waals surface area contributed by atoms with Crippen molar-refractivity contribution >= 4 is 49.7 Å². The van der Waals surface area contributed by atoms with E-state index in [1.54, 1.807) is 0 Å². The maximum absolute atomic E-state index is 11.4. The minimum absolute atomic E-state index is 0. The van der Waals surface area contributed by atoms with Gasteiger partial charge in [0.15, 0.2) is 0 Å². The maximum atomic E-state index is 11.4. The molecule has 0 spiro atoms. The first-order valence-electron chi connectivity index (χ1n) is 15.0. The minimum Gasteiger partial charge on any atom is -0.550 e. The molecule has 0 radical (unpaired) electrons. The molecule has 0 saturated heterocycles. The second-order valence-corrected chi connectivity index (χ2v) is 10.5. The van der Waals surface area contributed by atoms with E-state index in [1.807, 2.05) is 0 Å². The molecule has 0 aromatic carbocycles. The summed E-state index contributed by atoms with van der Waals surface area (Å²) >= 11 is 0. The number of carbonyl (C=O) groups is 2. The Bertz CT molecular complexity index is 456. The van der Waals surface area contributed by atoms with Gasteiger partial charge >= 0.3 is 37.7 Å². The average molecular weight is 521 g/mol. The Morgan fingerprint density at radius 1 is 0.486 bits per heavy atom. The van der Waals surface area contributed by atoms with Crippen LogP contribution in [0.2, 0.25) is 0 Å². The topological polar surface area (TPSA) is 80.3 Å². The zero-order valence-corrected chi connectivity index (χ0v) is 25.5. The van der Waals surface area contributed by atoms with Crippen molar-refractivity contribution in [2.24, 2.45) is 5.92 Å². The molecule has 0 aliphatic carbocycles. The van der Waals surface area contributed by atoms with Gasteiger partial charge < -0.3 is 19.8 Å². The molecule has 4 nitrogen and oxygen atoms in total. The number of hydrogen-bond donors (Lipinski definition) is 0. The number of rotatable bonds is 28. The third-order valence-corrected chi connectivity index (χ3v) is 7.17. The molecule has 0 amide bonds. The van der Waals surface area contributed by atoms with Crippen LogP contribution in [0, 0.1) is 5.92 Å². The summed E-state index contributed by atoms with van der Waals surface area (Å²) < 4.78 is 0. The number of hydrogen-bond acceptors (Lipinski definition) is 4. The van der Waals surface area contributed by atoms with Crippen molar-refractivity contribution in [2.75, 3.05) is 0 Å². The molecule has 1 atom stereocenters. The quantitative estimate of drug-likeness (QED) is 0.0831. The largest absolute Gasteiger partial charge is 2.00 e. The number of unbranched alkanes of at least 4 members (excludes halogenated alkanes) is 21. The van der Waals surface area contributed by atoms with E-state index in [2.05, 4.69) is 6.92 Å². The molecule has 0 rings (SSSR count). The van der Waals surface area contributed by atoms with E-state index in [4.69, 9.17) is 0 Å². The molecule has 0 aromatic heterocycles. The van der Waals surface area contributed by atoms with Gasteiger partial charge in [-0.15, -0.1) is 0 Å². The smallest absolute Gasteiger partial charge is 0.550 e. The molecule has 0 aliphatic heterocycles. The summed E-state index contributed by atoms with van der Waals surface area (Å²) in [6.07, 6.45) is 29.8. The Morgan fingerprint density at radius 3 is 1.06 bits per heavy atom. The van der Waals surface area contributed by atoms with E-state index in [0.29, 0.717) is 0 Å². The van der Waals surface area contributed by atoms with Gasteiger partial charge in [-0.05, 0) is 31.6 Å². The molecule has 0 fully saturated rings. The van der Waals surface area contributed by atoms with Crippen LogP contribution in [0.1, 0.15) is 174 Å². The van der Waals surface area contributed by atoms with E-state index in [-0.39, 0.29) is 50.1 Å². The van der Waals surface area contributed by atoms with Crippen molar-refractivity contribution in [3.05, 3.63) is 0 Å². The summed E-state index contributed by atoms with van der Waals surface area (Å²) in [6, 6.07) is 0. The van der Waals surface area contributed by atoms with Crippen molar-refractivity contribution in [1.29, 1.82) is 0 Å². The molecule has 0 aromatic rings. The summed E-state index contributed by atoms with van der Waals surface area (Å²) in [6.45, 7) is 2.25. The Hall–Kier alpha value is 0.200. The summed E-state index contributed by atoms with van der Waals surface area (Å²) in [5, 5.41) is 21.8. The first kappa shape index (κ1) is 37.4. The zero-order valence-electron chi connectivity index (χ0n) is 23.3. The second-order valence-electron chi connectivity index (χ2n) is 10.5. The third-order valence-electron chi connectivity index (χ3n) is 7.17. The molecule has 0 saturated carbocycles. The van der Waals surface area contributed by atoms with Crippen LogP contribution >= 0.6 is 0 Å². The van der Waals surface area contributed by atoms with Gasteiger partial charge in [0.25, 0.3) is 0 Å². The van der Waals surface area contributed by atoms with Gasteiger partial charge in [-0.25, -0.2) is 0 Å². The Balaban J connectivity index is 0. The van der Waals surface area contributed by atoms with Crippen LogP contribution in [-0.4, -0.2) is 49.7 Å². The fourth-order valence-corrected chi connectivity index (χ4v) is 4.86. The van der Waals surface area contributed by atoms with E-state index >= 15 is 0 Å². The fraction of sp³-hybridized carbons (Fsp3) is 0.933. The standard InChI is InChI=1S/C30H58O4.Ca/c1-2-3-4-5-6-7-13-16-19-22-25-28(30(33)34)26-23-20-17-14-11-9-8-10-12-15-18-21-24-27-29(31)32;/h28H,2-27H2,1H3,(H,31,32)(H,33,34);/q;+2/p-2. The maximum Gasteiger partial charge on any atom is 2.00 e. The summed E-state index contributed by atoms with van der Waals surface area (Å²) in [4.78, 5) is 21.8. The van der Waals surface area contributed by atoms with Gasteiger partial charge in [0.05, 0.1) is 0 Å². The molecule has 0 bridgehead atoms. The molecular weight excluding hydrogens is 464 g/mol. The molecule has 202 valence electrons. The van der Waals surface area contributed by atoms with Crippen molar-refractivity contribution in [3.8, 4) is 0 Å². The van der Waals surface area contributed by atoms with Crippen molar-refractivity contribution in [1.82, 2.24) is 0 Å². The van der Waals surface area contributed by atoms with Gasteiger partial charge in [0.2, 0.25) is 0 Å². The monoisotopic (exact) mass is 520 g/mol. The minimum atomic E-state index is -0.928. The summed E-state index contributed by atoms with van der Waals surface area (Å²) in [5.41, 5.74) is 0. The van der Waals surface area contributed by atoms with Gasteiger partial charge in [-0.2, -0.15) is 0 Å². The predicted molar refractivity (Wildman–Crippen MR) is 145 cm³/mol. The molecule has 0 N–H and O–H groups in total. The Labute approximate surface area is 247 Å². The first-order chi connectivity index (χ1) is 16.6. The van der Waals surface area contributed by atoms with Gasteiger partial charge in [-0.1, -0.05) is 148 Å². The predicted octanol–water partition coefficient (Wildman–Crippen LogP) is 6.88. The van der Waals surface area contributed by atoms with E-state index in [0.717, 1.165) is 51.4 Å². The summed E-state index contributed by atoms with van der Waals surface area (Å²) in [7, 11) is 0. The van der Waals surface area contributed by atoms with Gasteiger partial charge in [0.1, 0.15) is 0 Å². The fourth-order valence-electron chi connectivity index (χ4n) is 4.86. The zero-order chi connectivity index (χ0) is 25.1. The van der Waals surface area contributed by atoms with Crippen LogP contribution in [0.25, 0.3) is 0 Å². The van der Waals surface area contributed by atoms with Crippen LogP contribution < -0.4 is 10.2 Å². The molecule has 5 heteroatoms. The number of carbonyl (C=O) groups excluding carboxylic acids is 2. The molecule has 1 unspecified atom stereocenters. The van der Waals surface area contributed by atoms with Crippen LogP contribution in [0.4, 0.5) is 0 Å². The number of carboxylic acid groups (broad SMARTS) is 2. The van der Waals surface area contributed by atoms with Crippen molar-refractivity contribution in [3.63, 3.8) is 0 Å². The third kappa shape index (κ3) is 30.3. The van der Waals surface area contributed by atoms with Crippen LogP contribution in [0.15, 0.2) is 0 Å². The van der Waals surface area contributed by atoms with Gasteiger partial charge in [0, 0.05) is 11.9 Å². The average Bonchev–Trinajstić information content (AvgIpc) is 2.80. The first-order valence-corrected chi connectivity index (χ1v) is 15.0. The normalized spacial score (nSPS) is 11.8. The molecular formula is C30H56CaO4. The van der Waals surface area contributed by atoms with E-state index in [9.17, 15) is 19.8 Å². The Kier molecular flexibility index (Phi) is 32.5.